The minimum atomic E-state index is 0.381. The van der Waals surface area contributed by atoms with E-state index in [9.17, 15) is 0 Å². The van der Waals surface area contributed by atoms with Gasteiger partial charge in [-0.15, -0.1) is 0 Å². The van der Waals surface area contributed by atoms with Crippen molar-refractivity contribution in [1.29, 1.82) is 0 Å². The van der Waals surface area contributed by atoms with Crippen LogP contribution in [0.3, 0.4) is 0 Å². The highest BCUT2D eigenvalue weighted by Gasteiger charge is 2.01. The first kappa shape index (κ1) is 10.0. The van der Waals surface area contributed by atoms with E-state index in [2.05, 4.69) is 11.6 Å². The van der Waals surface area contributed by atoms with E-state index in [0.29, 0.717) is 24.1 Å². The lowest BCUT2D eigenvalue weighted by atomic mass is 10.3. The standard InChI is InChI=1S/C9H11ClN2O/c1-2-3-13-9-4-7(5-11)8(10)6-12-9/h2,4,6H,1,3,5,11H2. The zero-order chi connectivity index (χ0) is 9.68. The molecule has 0 radical (unpaired) electrons. The number of halogens is 1. The highest BCUT2D eigenvalue weighted by molar-refractivity contribution is 6.31. The molecule has 70 valence electrons. The van der Waals surface area contributed by atoms with Crippen LogP contribution in [0.1, 0.15) is 5.56 Å². The Morgan fingerprint density at radius 3 is 3.08 bits per heavy atom. The monoisotopic (exact) mass is 198 g/mol. The molecular formula is C9H11ClN2O. The first-order valence-corrected chi connectivity index (χ1v) is 4.24. The minimum Gasteiger partial charge on any atom is -0.473 e. The number of nitrogens with zero attached hydrogens (tertiary/aromatic N) is 1. The van der Waals surface area contributed by atoms with Gasteiger partial charge in [-0.25, -0.2) is 4.98 Å². The van der Waals surface area contributed by atoms with Crippen molar-refractivity contribution in [3.8, 4) is 5.88 Å². The van der Waals surface area contributed by atoms with Crippen molar-refractivity contribution in [2.75, 3.05) is 6.61 Å². The van der Waals surface area contributed by atoms with E-state index in [4.69, 9.17) is 22.1 Å². The number of rotatable bonds is 4. The third-order valence-corrected chi connectivity index (χ3v) is 1.82. The van der Waals surface area contributed by atoms with E-state index in [1.807, 2.05) is 0 Å². The molecule has 0 aromatic carbocycles. The molecule has 1 rings (SSSR count). The number of nitrogens with two attached hydrogens (primary N) is 1. The molecule has 1 aromatic heterocycles. The van der Waals surface area contributed by atoms with Crippen LogP contribution in [0.15, 0.2) is 24.9 Å². The molecule has 3 nitrogen and oxygen atoms in total. The van der Waals surface area contributed by atoms with E-state index in [-0.39, 0.29) is 0 Å². The van der Waals surface area contributed by atoms with Crippen molar-refractivity contribution in [3.05, 3.63) is 35.5 Å². The highest BCUT2D eigenvalue weighted by Crippen LogP contribution is 2.18. The van der Waals surface area contributed by atoms with Gasteiger partial charge in [-0.05, 0) is 5.56 Å². The quantitative estimate of drug-likeness (QED) is 0.750. The summed E-state index contributed by atoms with van der Waals surface area (Å²) < 4.78 is 5.21. The van der Waals surface area contributed by atoms with E-state index in [0.717, 1.165) is 5.56 Å². The summed E-state index contributed by atoms with van der Waals surface area (Å²) in [6, 6.07) is 1.73. The van der Waals surface area contributed by atoms with E-state index in [1.165, 1.54) is 6.20 Å². The molecule has 0 saturated carbocycles. The van der Waals surface area contributed by atoms with Gasteiger partial charge in [0.2, 0.25) is 5.88 Å². The van der Waals surface area contributed by atoms with Crippen molar-refractivity contribution >= 4 is 11.6 Å². The van der Waals surface area contributed by atoms with Crippen molar-refractivity contribution in [2.45, 2.75) is 6.54 Å². The van der Waals surface area contributed by atoms with Crippen LogP contribution in [0.2, 0.25) is 5.02 Å². The normalized spacial score (nSPS) is 9.69. The average Bonchev–Trinajstić information content (AvgIpc) is 2.16. The molecule has 0 aliphatic rings. The largest absolute Gasteiger partial charge is 0.473 e. The molecule has 0 bridgehead atoms. The lowest BCUT2D eigenvalue weighted by molar-refractivity contribution is 0.348. The number of aromatic nitrogens is 1. The maximum absolute atomic E-state index is 5.81. The van der Waals surface area contributed by atoms with Crippen LogP contribution in [-0.4, -0.2) is 11.6 Å². The van der Waals surface area contributed by atoms with Gasteiger partial charge in [0.1, 0.15) is 6.61 Å². The Morgan fingerprint density at radius 2 is 2.46 bits per heavy atom. The van der Waals surface area contributed by atoms with Gasteiger partial charge in [-0.2, -0.15) is 0 Å². The van der Waals surface area contributed by atoms with Crippen LogP contribution in [0, 0.1) is 0 Å². The number of hydrogen-bond donors (Lipinski definition) is 1. The molecule has 4 heteroatoms. The van der Waals surface area contributed by atoms with E-state index < -0.39 is 0 Å². The molecule has 0 fully saturated rings. The summed E-state index contributed by atoms with van der Waals surface area (Å²) >= 11 is 5.81. The molecular weight excluding hydrogens is 188 g/mol. The zero-order valence-electron chi connectivity index (χ0n) is 7.16. The number of hydrogen-bond acceptors (Lipinski definition) is 3. The minimum absolute atomic E-state index is 0.381. The van der Waals surface area contributed by atoms with Gasteiger partial charge in [0.25, 0.3) is 0 Å². The second kappa shape index (κ2) is 4.84. The summed E-state index contributed by atoms with van der Waals surface area (Å²) in [6.07, 6.45) is 3.18. The molecule has 1 aromatic rings. The van der Waals surface area contributed by atoms with Gasteiger partial charge >= 0.3 is 0 Å². The number of pyridine rings is 1. The van der Waals surface area contributed by atoms with E-state index >= 15 is 0 Å². The Balaban J connectivity index is 2.79. The Bertz CT molecular complexity index is 302. The first-order chi connectivity index (χ1) is 6.27. The van der Waals surface area contributed by atoms with Crippen LogP contribution >= 0.6 is 11.6 Å². The zero-order valence-corrected chi connectivity index (χ0v) is 7.92. The fraction of sp³-hybridized carbons (Fsp3) is 0.222. The molecule has 0 aliphatic heterocycles. The van der Waals surface area contributed by atoms with Gasteiger partial charge in [0.15, 0.2) is 0 Å². The van der Waals surface area contributed by atoms with Crippen molar-refractivity contribution < 1.29 is 4.74 Å². The van der Waals surface area contributed by atoms with Crippen molar-refractivity contribution in [3.63, 3.8) is 0 Å². The summed E-state index contributed by atoms with van der Waals surface area (Å²) in [7, 11) is 0. The molecule has 13 heavy (non-hydrogen) atoms. The Labute approximate surface area is 82.2 Å². The second-order valence-electron chi connectivity index (χ2n) is 2.42. The SMILES string of the molecule is C=CCOc1cc(CN)c(Cl)cn1. The van der Waals surface area contributed by atoms with Crippen LogP contribution in [0.25, 0.3) is 0 Å². The van der Waals surface area contributed by atoms with Crippen LogP contribution in [0.4, 0.5) is 0 Å². The predicted octanol–water partition coefficient (Wildman–Crippen LogP) is 1.76. The molecule has 2 N–H and O–H groups in total. The maximum atomic E-state index is 5.81. The summed E-state index contributed by atoms with van der Waals surface area (Å²) in [6.45, 7) is 4.34. The topological polar surface area (TPSA) is 48.1 Å². The summed E-state index contributed by atoms with van der Waals surface area (Å²) in [4.78, 5) is 3.97. The number of ether oxygens (including phenoxy) is 1. The van der Waals surface area contributed by atoms with Crippen LogP contribution < -0.4 is 10.5 Å². The van der Waals surface area contributed by atoms with Gasteiger partial charge < -0.3 is 10.5 Å². The second-order valence-corrected chi connectivity index (χ2v) is 2.82. The molecule has 0 amide bonds. The average molecular weight is 199 g/mol. The van der Waals surface area contributed by atoms with Crippen LogP contribution in [-0.2, 0) is 6.54 Å². The Kier molecular flexibility index (Phi) is 3.73. The van der Waals surface area contributed by atoms with Crippen molar-refractivity contribution in [2.24, 2.45) is 5.73 Å². The van der Waals surface area contributed by atoms with Gasteiger partial charge in [-0.3, -0.25) is 0 Å². The summed E-state index contributed by atoms with van der Waals surface area (Å²) in [5.41, 5.74) is 6.29. The summed E-state index contributed by atoms with van der Waals surface area (Å²) in [5, 5.41) is 0.563. The molecule has 0 saturated heterocycles. The Morgan fingerprint density at radius 1 is 1.69 bits per heavy atom. The third-order valence-electron chi connectivity index (χ3n) is 1.48. The smallest absolute Gasteiger partial charge is 0.213 e. The molecule has 1 heterocycles. The van der Waals surface area contributed by atoms with E-state index in [1.54, 1.807) is 12.1 Å². The lowest BCUT2D eigenvalue weighted by Gasteiger charge is -2.04. The Hall–Kier alpha value is -1.06. The first-order valence-electron chi connectivity index (χ1n) is 3.86. The lowest BCUT2D eigenvalue weighted by Crippen LogP contribution is -2.01. The van der Waals surface area contributed by atoms with Crippen LogP contribution in [0.5, 0.6) is 5.88 Å². The van der Waals surface area contributed by atoms with Gasteiger partial charge in [0, 0.05) is 18.8 Å². The molecule has 0 spiro atoms. The van der Waals surface area contributed by atoms with Gasteiger partial charge in [-0.1, -0.05) is 24.3 Å². The van der Waals surface area contributed by atoms with Gasteiger partial charge in [0.05, 0.1) is 5.02 Å². The highest BCUT2D eigenvalue weighted by atomic mass is 35.5. The fourth-order valence-corrected chi connectivity index (χ4v) is 1.02. The molecule has 0 unspecified atom stereocenters. The predicted molar refractivity (Wildman–Crippen MR) is 52.8 cm³/mol. The maximum Gasteiger partial charge on any atom is 0.213 e. The summed E-state index contributed by atoms with van der Waals surface area (Å²) in [5.74, 6) is 0.518. The fourth-order valence-electron chi connectivity index (χ4n) is 0.838. The molecule has 0 atom stereocenters. The third kappa shape index (κ3) is 2.72. The van der Waals surface area contributed by atoms with Crippen molar-refractivity contribution in [1.82, 2.24) is 4.98 Å². The molecule has 0 aliphatic carbocycles.